The third-order valence-corrected chi connectivity index (χ3v) is 2.00. The minimum absolute atomic E-state index is 0.165. The Morgan fingerprint density at radius 2 is 2.13 bits per heavy atom. The maximum absolute atomic E-state index is 5.43. The van der Waals surface area contributed by atoms with Gasteiger partial charge >= 0.3 is 0 Å². The molecule has 0 aliphatic rings. The van der Waals surface area contributed by atoms with Crippen LogP contribution in [0.5, 0.6) is 0 Å². The molecule has 0 aliphatic carbocycles. The number of nitrogens with zero attached hydrogens (tertiary/aromatic N) is 3. The second kappa shape index (κ2) is 3.61. The van der Waals surface area contributed by atoms with Crippen molar-refractivity contribution in [2.24, 2.45) is 0 Å². The van der Waals surface area contributed by atoms with Crippen molar-refractivity contribution in [3.8, 4) is 11.3 Å². The number of oxazole rings is 1. The average molecular weight is 204 g/mol. The fourth-order valence-electron chi connectivity index (χ4n) is 1.36. The van der Waals surface area contributed by atoms with E-state index in [1.807, 2.05) is 31.1 Å². The van der Waals surface area contributed by atoms with Gasteiger partial charge in [-0.25, -0.2) is 9.97 Å². The molecule has 15 heavy (non-hydrogen) atoms. The summed E-state index contributed by atoms with van der Waals surface area (Å²) in [5.74, 6) is 1.46. The van der Waals surface area contributed by atoms with Crippen LogP contribution in [0.25, 0.3) is 11.3 Å². The summed E-state index contributed by atoms with van der Waals surface area (Å²) in [7, 11) is 3.84. The fourth-order valence-corrected chi connectivity index (χ4v) is 1.36. The smallest absolute Gasteiger partial charge is 0.292 e. The number of nitrogen functional groups attached to an aromatic ring is 1. The molecule has 0 bridgehead atoms. The predicted molar refractivity (Wildman–Crippen MR) is 58.5 cm³/mol. The van der Waals surface area contributed by atoms with E-state index in [0.717, 1.165) is 11.4 Å². The lowest BCUT2D eigenvalue weighted by Gasteiger charge is -2.13. The van der Waals surface area contributed by atoms with E-state index in [1.165, 1.54) is 0 Å². The number of aromatic nitrogens is 2. The van der Waals surface area contributed by atoms with Gasteiger partial charge in [0.15, 0.2) is 5.76 Å². The summed E-state index contributed by atoms with van der Waals surface area (Å²) in [6, 6.07) is 3.93. The first-order chi connectivity index (χ1) is 7.18. The summed E-state index contributed by atoms with van der Waals surface area (Å²) >= 11 is 0. The highest BCUT2D eigenvalue weighted by molar-refractivity contribution is 5.71. The van der Waals surface area contributed by atoms with E-state index >= 15 is 0 Å². The van der Waals surface area contributed by atoms with Crippen LogP contribution in [0.3, 0.4) is 0 Å². The van der Waals surface area contributed by atoms with Crippen LogP contribution in [0.1, 0.15) is 0 Å². The molecule has 5 heteroatoms. The Morgan fingerprint density at radius 3 is 2.73 bits per heavy atom. The molecule has 2 rings (SSSR count). The van der Waals surface area contributed by atoms with Crippen LogP contribution in [0.15, 0.2) is 28.9 Å². The van der Waals surface area contributed by atoms with Gasteiger partial charge in [-0.15, -0.1) is 0 Å². The Bertz CT molecular complexity index is 464. The van der Waals surface area contributed by atoms with E-state index in [9.17, 15) is 0 Å². The molecule has 2 aromatic heterocycles. The van der Waals surface area contributed by atoms with E-state index in [-0.39, 0.29) is 6.01 Å². The molecule has 0 fully saturated rings. The van der Waals surface area contributed by atoms with Crippen LogP contribution in [-0.4, -0.2) is 24.1 Å². The van der Waals surface area contributed by atoms with Gasteiger partial charge < -0.3 is 15.1 Å². The van der Waals surface area contributed by atoms with Gasteiger partial charge in [-0.1, -0.05) is 0 Å². The molecule has 0 atom stereocenters. The van der Waals surface area contributed by atoms with Gasteiger partial charge in [0.05, 0.1) is 11.8 Å². The molecule has 78 valence electrons. The predicted octanol–water partition coefficient (Wildman–Crippen LogP) is 1.38. The maximum Gasteiger partial charge on any atom is 0.292 e. The number of nitrogens with two attached hydrogens (primary N) is 1. The Labute approximate surface area is 87.6 Å². The minimum atomic E-state index is 0.165. The highest BCUT2D eigenvalue weighted by atomic mass is 16.4. The molecular formula is C10H12N4O. The Hall–Kier alpha value is -2.04. The number of pyridine rings is 1. The number of rotatable bonds is 2. The van der Waals surface area contributed by atoms with Crippen LogP contribution < -0.4 is 10.6 Å². The summed E-state index contributed by atoms with van der Waals surface area (Å²) in [6.07, 6.45) is 3.33. The second-order valence-electron chi connectivity index (χ2n) is 3.33. The molecule has 0 radical (unpaired) electrons. The van der Waals surface area contributed by atoms with Crippen LogP contribution in [0, 0.1) is 0 Å². The molecule has 5 nitrogen and oxygen atoms in total. The first kappa shape index (κ1) is 9.51. The van der Waals surface area contributed by atoms with Gasteiger partial charge in [-0.3, -0.25) is 0 Å². The van der Waals surface area contributed by atoms with Gasteiger partial charge in [0.25, 0.3) is 6.01 Å². The van der Waals surface area contributed by atoms with Crippen molar-refractivity contribution < 1.29 is 4.42 Å². The van der Waals surface area contributed by atoms with Crippen molar-refractivity contribution in [1.29, 1.82) is 0 Å². The summed E-state index contributed by atoms with van der Waals surface area (Å²) in [4.78, 5) is 10.0. The van der Waals surface area contributed by atoms with Crippen LogP contribution in [0.2, 0.25) is 0 Å². The topological polar surface area (TPSA) is 68.2 Å². The van der Waals surface area contributed by atoms with Gasteiger partial charge in [-0.2, -0.15) is 0 Å². The standard InChI is InChI=1S/C10H12N4O/c1-14(2)9-7(4-3-5-12-9)8-6-13-10(11)15-8/h3-6H,1-2H3,(H2,11,13). The van der Waals surface area contributed by atoms with E-state index in [1.54, 1.807) is 12.4 Å². The lowest BCUT2D eigenvalue weighted by Crippen LogP contribution is -2.11. The summed E-state index contributed by atoms with van der Waals surface area (Å²) in [5.41, 5.74) is 6.31. The largest absolute Gasteiger partial charge is 0.424 e. The van der Waals surface area contributed by atoms with E-state index in [4.69, 9.17) is 10.2 Å². The molecule has 0 aliphatic heterocycles. The van der Waals surface area contributed by atoms with Crippen molar-refractivity contribution in [1.82, 2.24) is 9.97 Å². The Kier molecular flexibility index (Phi) is 2.29. The van der Waals surface area contributed by atoms with Gasteiger partial charge in [-0.05, 0) is 12.1 Å². The zero-order chi connectivity index (χ0) is 10.8. The lowest BCUT2D eigenvalue weighted by atomic mass is 10.2. The number of hydrogen-bond donors (Lipinski definition) is 1. The Morgan fingerprint density at radius 1 is 1.33 bits per heavy atom. The first-order valence-corrected chi connectivity index (χ1v) is 4.52. The van der Waals surface area contributed by atoms with Crippen molar-refractivity contribution in [2.75, 3.05) is 24.7 Å². The molecule has 0 saturated carbocycles. The zero-order valence-electron chi connectivity index (χ0n) is 8.64. The van der Waals surface area contributed by atoms with Crippen molar-refractivity contribution >= 4 is 11.8 Å². The van der Waals surface area contributed by atoms with Crippen LogP contribution >= 0.6 is 0 Å². The lowest BCUT2D eigenvalue weighted by molar-refractivity contribution is 0.594. The van der Waals surface area contributed by atoms with Gasteiger partial charge in [0.2, 0.25) is 0 Å². The molecule has 0 spiro atoms. The SMILES string of the molecule is CN(C)c1ncccc1-c1cnc(N)o1. The van der Waals surface area contributed by atoms with Crippen molar-refractivity contribution in [3.63, 3.8) is 0 Å². The van der Waals surface area contributed by atoms with E-state index < -0.39 is 0 Å². The van der Waals surface area contributed by atoms with Gasteiger partial charge in [0, 0.05) is 20.3 Å². The number of anilines is 2. The van der Waals surface area contributed by atoms with Crippen LogP contribution in [0.4, 0.5) is 11.8 Å². The molecule has 0 unspecified atom stereocenters. The van der Waals surface area contributed by atoms with E-state index in [0.29, 0.717) is 5.76 Å². The third kappa shape index (κ3) is 1.76. The molecule has 2 N–H and O–H groups in total. The summed E-state index contributed by atoms with van der Waals surface area (Å²) < 4.78 is 5.26. The zero-order valence-corrected chi connectivity index (χ0v) is 8.64. The summed E-state index contributed by atoms with van der Waals surface area (Å²) in [5, 5.41) is 0. The van der Waals surface area contributed by atoms with Crippen molar-refractivity contribution in [3.05, 3.63) is 24.5 Å². The third-order valence-electron chi connectivity index (χ3n) is 2.00. The molecule has 0 amide bonds. The molecule has 2 heterocycles. The van der Waals surface area contributed by atoms with E-state index in [2.05, 4.69) is 9.97 Å². The number of hydrogen-bond acceptors (Lipinski definition) is 5. The second-order valence-corrected chi connectivity index (χ2v) is 3.33. The molecule has 0 aromatic carbocycles. The molecular weight excluding hydrogens is 192 g/mol. The quantitative estimate of drug-likeness (QED) is 0.800. The van der Waals surface area contributed by atoms with Crippen LogP contribution in [-0.2, 0) is 0 Å². The highest BCUT2D eigenvalue weighted by Crippen LogP contribution is 2.28. The fraction of sp³-hybridized carbons (Fsp3) is 0.200. The van der Waals surface area contributed by atoms with Crippen molar-refractivity contribution in [2.45, 2.75) is 0 Å². The molecule has 0 saturated heterocycles. The molecule has 2 aromatic rings. The Balaban J connectivity index is 2.52. The monoisotopic (exact) mass is 204 g/mol. The van der Waals surface area contributed by atoms with Gasteiger partial charge in [0.1, 0.15) is 5.82 Å². The maximum atomic E-state index is 5.43. The minimum Gasteiger partial charge on any atom is -0.424 e. The average Bonchev–Trinajstić information content (AvgIpc) is 2.65. The highest BCUT2D eigenvalue weighted by Gasteiger charge is 2.11. The summed E-state index contributed by atoms with van der Waals surface area (Å²) in [6.45, 7) is 0. The first-order valence-electron chi connectivity index (χ1n) is 4.52. The normalized spacial score (nSPS) is 10.3.